The van der Waals surface area contributed by atoms with Crippen LogP contribution in [0.4, 0.5) is 0 Å². The first-order valence-electron chi connectivity index (χ1n) is 8.19. The van der Waals surface area contributed by atoms with E-state index in [0.717, 1.165) is 28.4 Å². The summed E-state index contributed by atoms with van der Waals surface area (Å²) in [5, 5.41) is 9.56. The Kier molecular flexibility index (Phi) is 5.46. The molecule has 5 heteroatoms. The second kappa shape index (κ2) is 7.94. The Labute approximate surface area is 151 Å². The van der Waals surface area contributed by atoms with Crippen molar-refractivity contribution >= 4 is 23.3 Å². The van der Waals surface area contributed by atoms with Gasteiger partial charge in [-0.3, -0.25) is 9.48 Å². The maximum Gasteiger partial charge on any atom is 0.244 e. The molecule has 0 aliphatic heterocycles. The fourth-order valence-corrected chi connectivity index (χ4v) is 3.30. The number of hydrogen-bond donors (Lipinski definition) is 1. The number of benzene rings is 1. The van der Waals surface area contributed by atoms with Gasteiger partial charge in [-0.05, 0) is 36.9 Å². The van der Waals surface area contributed by atoms with Crippen LogP contribution in [0.3, 0.4) is 0 Å². The maximum atomic E-state index is 12.0. The van der Waals surface area contributed by atoms with E-state index in [1.165, 1.54) is 5.56 Å². The monoisotopic (exact) mass is 351 g/mol. The number of rotatable bonds is 6. The Morgan fingerprint density at radius 3 is 2.72 bits per heavy atom. The lowest BCUT2D eigenvalue weighted by molar-refractivity contribution is -0.116. The molecule has 0 aliphatic rings. The Balaban J connectivity index is 1.63. The van der Waals surface area contributed by atoms with Crippen molar-refractivity contribution in [1.29, 1.82) is 0 Å². The minimum Gasteiger partial charge on any atom is -0.348 e. The predicted octanol–water partition coefficient (Wildman–Crippen LogP) is 3.94. The molecule has 0 spiro atoms. The lowest BCUT2D eigenvalue weighted by Gasteiger charge is -2.06. The smallest absolute Gasteiger partial charge is 0.244 e. The predicted molar refractivity (Wildman–Crippen MR) is 102 cm³/mol. The summed E-state index contributed by atoms with van der Waals surface area (Å²) in [6, 6.07) is 14.2. The third-order valence-corrected chi connectivity index (χ3v) is 4.93. The third-order valence-electron chi connectivity index (χ3n) is 4.09. The molecule has 2 aromatic heterocycles. The van der Waals surface area contributed by atoms with Crippen LogP contribution in [0.5, 0.6) is 0 Å². The Morgan fingerprint density at radius 1 is 1.20 bits per heavy atom. The Hall–Kier alpha value is -2.66. The van der Waals surface area contributed by atoms with Gasteiger partial charge < -0.3 is 5.32 Å². The first kappa shape index (κ1) is 17.2. The van der Waals surface area contributed by atoms with Crippen molar-refractivity contribution in [2.24, 2.45) is 0 Å². The van der Waals surface area contributed by atoms with Crippen molar-refractivity contribution in [3.05, 3.63) is 81.3 Å². The highest BCUT2D eigenvalue weighted by Crippen LogP contribution is 2.15. The van der Waals surface area contributed by atoms with E-state index in [4.69, 9.17) is 0 Å². The molecule has 25 heavy (non-hydrogen) atoms. The molecule has 1 amide bonds. The minimum atomic E-state index is -0.0944. The van der Waals surface area contributed by atoms with Gasteiger partial charge in [0.15, 0.2) is 0 Å². The summed E-state index contributed by atoms with van der Waals surface area (Å²) in [4.78, 5) is 13.1. The summed E-state index contributed by atoms with van der Waals surface area (Å²) in [6.07, 6.45) is 3.41. The fraction of sp³-hybridized carbons (Fsp3) is 0.200. The van der Waals surface area contributed by atoms with E-state index >= 15 is 0 Å². The molecule has 0 bridgehead atoms. The molecule has 128 valence electrons. The van der Waals surface area contributed by atoms with Gasteiger partial charge in [0, 0.05) is 28.8 Å². The van der Waals surface area contributed by atoms with Crippen molar-refractivity contribution in [1.82, 2.24) is 15.1 Å². The fourth-order valence-electron chi connectivity index (χ4n) is 2.68. The molecule has 0 saturated heterocycles. The second-order valence-corrected chi connectivity index (χ2v) is 6.84. The van der Waals surface area contributed by atoms with E-state index in [1.807, 2.05) is 60.3 Å². The molecule has 2 heterocycles. The number of carbonyl (C=O) groups is 1. The number of nitrogens with zero attached hydrogens (tertiary/aromatic N) is 2. The van der Waals surface area contributed by atoms with Crippen LogP contribution in [-0.2, 0) is 17.9 Å². The molecule has 1 N–H and O–H groups in total. The molecule has 0 unspecified atom stereocenters. The van der Waals surface area contributed by atoms with Gasteiger partial charge >= 0.3 is 0 Å². The largest absolute Gasteiger partial charge is 0.348 e. The number of thiophene rings is 1. The van der Waals surface area contributed by atoms with Crippen LogP contribution in [0.2, 0.25) is 0 Å². The maximum absolute atomic E-state index is 12.0. The van der Waals surface area contributed by atoms with Crippen LogP contribution >= 0.6 is 11.3 Å². The lowest BCUT2D eigenvalue weighted by Crippen LogP contribution is -2.21. The molecule has 0 saturated carbocycles. The normalized spacial score (nSPS) is 11.1. The number of nitrogens with one attached hydrogen (secondary N) is 1. The van der Waals surface area contributed by atoms with Crippen LogP contribution < -0.4 is 5.32 Å². The molecular weight excluding hydrogens is 330 g/mol. The Morgan fingerprint density at radius 2 is 2.00 bits per heavy atom. The van der Waals surface area contributed by atoms with Gasteiger partial charge in [-0.1, -0.05) is 36.4 Å². The number of carbonyl (C=O) groups excluding carboxylic acids is 1. The van der Waals surface area contributed by atoms with Crippen molar-refractivity contribution in [2.75, 3.05) is 0 Å². The Bertz CT molecular complexity index is 864. The average Bonchev–Trinajstić information content (AvgIpc) is 3.22. The van der Waals surface area contributed by atoms with Crippen LogP contribution in [-0.4, -0.2) is 15.7 Å². The highest BCUT2D eigenvalue weighted by molar-refractivity contribution is 7.10. The first-order chi connectivity index (χ1) is 12.1. The topological polar surface area (TPSA) is 46.9 Å². The van der Waals surface area contributed by atoms with E-state index in [-0.39, 0.29) is 5.91 Å². The number of aryl methyl sites for hydroxylation is 1. The molecule has 1 aromatic carbocycles. The minimum absolute atomic E-state index is 0.0944. The molecule has 0 fully saturated rings. The highest BCUT2D eigenvalue weighted by atomic mass is 32.1. The zero-order valence-electron chi connectivity index (χ0n) is 14.4. The number of amides is 1. The van der Waals surface area contributed by atoms with Crippen molar-refractivity contribution < 1.29 is 4.79 Å². The molecular formula is C20H21N3OS. The van der Waals surface area contributed by atoms with Crippen LogP contribution in [0, 0.1) is 13.8 Å². The van der Waals surface area contributed by atoms with E-state index in [1.54, 1.807) is 17.4 Å². The molecule has 3 aromatic rings. The molecule has 0 radical (unpaired) electrons. The van der Waals surface area contributed by atoms with Gasteiger partial charge in [0.2, 0.25) is 5.91 Å². The summed E-state index contributed by atoms with van der Waals surface area (Å²) >= 11 is 1.61. The third kappa shape index (κ3) is 4.45. The summed E-state index contributed by atoms with van der Waals surface area (Å²) in [5.41, 5.74) is 4.33. The van der Waals surface area contributed by atoms with E-state index < -0.39 is 0 Å². The van der Waals surface area contributed by atoms with Crippen molar-refractivity contribution in [3.63, 3.8) is 0 Å². The van der Waals surface area contributed by atoms with Crippen LogP contribution in [0.25, 0.3) is 6.08 Å². The summed E-state index contributed by atoms with van der Waals surface area (Å²) in [5.74, 6) is -0.0944. The zero-order valence-corrected chi connectivity index (χ0v) is 15.2. The summed E-state index contributed by atoms with van der Waals surface area (Å²) < 4.78 is 1.99. The van der Waals surface area contributed by atoms with E-state index in [0.29, 0.717) is 6.54 Å². The van der Waals surface area contributed by atoms with Gasteiger partial charge in [0.05, 0.1) is 12.2 Å². The summed E-state index contributed by atoms with van der Waals surface area (Å²) in [6.45, 7) is 5.25. The summed E-state index contributed by atoms with van der Waals surface area (Å²) in [7, 11) is 0. The standard InChI is InChI=1S/C20H21N3OS/c1-15-19(13-21-20(24)11-10-18-9-6-12-25-18)16(2)23(22-15)14-17-7-4-3-5-8-17/h3-12H,13-14H2,1-2H3,(H,21,24)/b11-10+. The van der Waals surface area contributed by atoms with Crippen LogP contribution in [0.1, 0.15) is 27.4 Å². The van der Waals surface area contributed by atoms with Gasteiger partial charge in [-0.25, -0.2) is 0 Å². The zero-order chi connectivity index (χ0) is 17.6. The SMILES string of the molecule is Cc1nn(Cc2ccccc2)c(C)c1CNC(=O)/C=C/c1cccs1. The number of hydrogen-bond acceptors (Lipinski definition) is 3. The van der Waals surface area contributed by atoms with Gasteiger partial charge in [-0.2, -0.15) is 5.10 Å². The molecule has 0 atom stereocenters. The van der Waals surface area contributed by atoms with E-state index in [2.05, 4.69) is 22.5 Å². The molecule has 0 aliphatic carbocycles. The highest BCUT2D eigenvalue weighted by Gasteiger charge is 2.12. The second-order valence-electron chi connectivity index (χ2n) is 5.86. The van der Waals surface area contributed by atoms with Crippen LogP contribution in [0.15, 0.2) is 53.9 Å². The van der Waals surface area contributed by atoms with Crippen molar-refractivity contribution in [3.8, 4) is 0 Å². The molecule has 4 nitrogen and oxygen atoms in total. The quantitative estimate of drug-likeness (QED) is 0.684. The van der Waals surface area contributed by atoms with Gasteiger partial charge in [0.1, 0.15) is 0 Å². The number of aromatic nitrogens is 2. The van der Waals surface area contributed by atoms with Crippen molar-refractivity contribution in [2.45, 2.75) is 26.9 Å². The van der Waals surface area contributed by atoms with E-state index in [9.17, 15) is 4.79 Å². The lowest BCUT2D eigenvalue weighted by atomic mass is 10.2. The average molecular weight is 351 g/mol. The molecule has 3 rings (SSSR count). The van der Waals surface area contributed by atoms with Gasteiger partial charge in [0.25, 0.3) is 0 Å². The first-order valence-corrected chi connectivity index (χ1v) is 9.07. The van der Waals surface area contributed by atoms with Gasteiger partial charge in [-0.15, -0.1) is 11.3 Å².